The van der Waals surface area contributed by atoms with Crippen LogP contribution in [0, 0.1) is 25.7 Å². The molecular weight excluding hydrogens is 346 g/mol. The lowest BCUT2D eigenvalue weighted by Crippen LogP contribution is -2.43. The normalized spacial score (nSPS) is 23.3. The first-order chi connectivity index (χ1) is 12.4. The van der Waals surface area contributed by atoms with Gasteiger partial charge in [0.05, 0.1) is 0 Å². The number of aryl methyl sites for hydroxylation is 2. The molecule has 0 radical (unpaired) electrons. The first-order valence-corrected chi connectivity index (χ1v) is 10.7. The molecule has 0 unspecified atom stereocenters. The molecule has 0 aliphatic heterocycles. The highest BCUT2D eigenvalue weighted by Crippen LogP contribution is 2.29. The highest BCUT2D eigenvalue weighted by Gasteiger charge is 2.28. The molecule has 142 valence electrons. The van der Waals surface area contributed by atoms with Crippen LogP contribution in [0.4, 0.5) is 0 Å². The second-order valence-corrected chi connectivity index (χ2v) is 8.29. The Hall–Kier alpha value is -1.63. The van der Waals surface area contributed by atoms with Gasteiger partial charge in [0.1, 0.15) is 0 Å². The standard InChI is InChI=1S/C19H29N5OS/c1-11-7-6-8-16(12(11)2)21-17(25)10-9-15-13(3)20-18-22-19(26-5)23-24(18)14(15)4/h11-12,16H,6-10H2,1-5H3,(H,21,25)/t11-,12-,16+/m0/s1. The van der Waals surface area contributed by atoms with E-state index in [0.717, 1.165) is 28.5 Å². The van der Waals surface area contributed by atoms with Gasteiger partial charge in [-0.2, -0.15) is 4.98 Å². The average molecular weight is 376 g/mol. The van der Waals surface area contributed by atoms with Crippen molar-refractivity contribution >= 4 is 23.4 Å². The van der Waals surface area contributed by atoms with Gasteiger partial charge in [-0.25, -0.2) is 9.50 Å². The smallest absolute Gasteiger partial charge is 0.253 e. The number of carbonyl (C=O) groups excluding carboxylic acids is 1. The van der Waals surface area contributed by atoms with Crippen LogP contribution in [0.25, 0.3) is 5.78 Å². The molecule has 1 aliphatic rings. The summed E-state index contributed by atoms with van der Waals surface area (Å²) >= 11 is 1.51. The topological polar surface area (TPSA) is 72.2 Å². The lowest BCUT2D eigenvalue weighted by atomic mass is 9.78. The molecule has 3 atom stereocenters. The summed E-state index contributed by atoms with van der Waals surface area (Å²) in [5.41, 5.74) is 3.05. The predicted octanol–water partition coefficient (Wildman–Crippen LogP) is 3.34. The van der Waals surface area contributed by atoms with Gasteiger partial charge in [0.15, 0.2) is 0 Å². The van der Waals surface area contributed by atoms with Gasteiger partial charge in [-0.15, -0.1) is 5.10 Å². The number of rotatable bonds is 5. The van der Waals surface area contributed by atoms with Gasteiger partial charge in [0.2, 0.25) is 11.1 Å². The van der Waals surface area contributed by atoms with E-state index < -0.39 is 0 Å². The molecule has 0 aromatic carbocycles. The van der Waals surface area contributed by atoms with Crippen LogP contribution in [0.15, 0.2) is 5.16 Å². The van der Waals surface area contributed by atoms with Crippen LogP contribution in [0.2, 0.25) is 0 Å². The van der Waals surface area contributed by atoms with Crippen LogP contribution < -0.4 is 5.32 Å². The summed E-state index contributed by atoms with van der Waals surface area (Å²) in [5.74, 6) is 2.00. The van der Waals surface area contributed by atoms with Crippen molar-refractivity contribution in [3.63, 3.8) is 0 Å². The highest BCUT2D eigenvalue weighted by molar-refractivity contribution is 7.98. The second kappa shape index (κ2) is 7.94. The summed E-state index contributed by atoms with van der Waals surface area (Å²) in [5, 5.41) is 8.46. The average Bonchev–Trinajstić information content (AvgIpc) is 3.02. The van der Waals surface area contributed by atoms with Crippen LogP contribution in [-0.4, -0.2) is 37.8 Å². The van der Waals surface area contributed by atoms with Crippen molar-refractivity contribution in [2.45, 2.75) is 71.0 Å². The minimum atomic E-state index is 0.137. The van der Waals surface area contributed by atoms with E-state index in [0.29, 0.717) is 36.5 Å². The van der Waals surface area contributed by atoms with E-state index in [1.807, 2.05) is 20.1 Å². The van der Waals surface area contributed by atoms with Gasteiger partial charge in [-0.1, -0.05) is 38.5 Å². The molecule has 0 spiro atoms. The predicted molar refractivity (Wildman–Crippen MR) is 104 cm³/mol. The van der Waals surface area contributed by atoms with Crippen molar-refractivity contribution in [1.82, 2.24) is 24.9 Å². The number of nitrogens with one attached hydrogen (secondary N) is 1. The zero-order chi connectivity index (χ0) is 18.8. The zero-order valence-electron chi connectivity index (χ0n) is 16.4. The van der Waals surface area contributed by atoms with Crippen LogP contribution in [-0.2, 0) is 11.2 Å². The molecule has 6 nitrogen and oxygen atoms in total. The van der Waals surface area contributed by atoms with Crippen molar-refractivity contribution in [3.05, 3.63) is 17.0 Å². The SMILES string of the molecule is CSc1nc2nc(C)c(CCC(=O)N[C@@H]3CCC[C@H](C)[C@@H]3C)c(C)n2n1. The number of aromatic nitrogens is 4. The first kappa shape index (κ1) is 19.1. The van der Waals surface area contributed by atoms with Crippen LogP contribution in [0.1, 0.15) is 56.5 Å². The first-order valence-electron chi connectivity index (χ1n) is 9.47. The van der Waals surface area contributed by atoms with Gasteiger partial charge in [-0.05, 0) is 50.3 Å². The highest BCUT2D eigenvalue weighted by atomic mass is 32.2. The minimum Gasteiger partial charge on any atom is -0.353 e. The lowest BCUT2D eigenvalue weighted by Gasteiger charge is -2.34. The molecule has 1 fully saturated rings. The van der Waals surface area contributed by atoms with E-state index in [-0.39, 0.29) is 5.91 Å². The largest absolute Gasteiger partial charge is 0.353 e. The maximum Gasteiger partial charge on any atom is 0.253 e. The van der Waals surface area contributed by atoms with Crippen molar-refractivity contribution in [1.29, 1.82) is 0 Å². The fourth-order valence-corrected chi connectivity index (χ4v) is 4.28. The summed E-state index contributed by atoms with van der Waals surface area (Å²) < 4.78 is 1.79. The van der Waals surface area contributed by atoms with Gasteiger partial charge in [0, 0.05) is 23.9 Å². The maximum atomic E-state index is 12.5. The molecule has 1 N–H and O–H groups in total. The Morgan fingerprint density at radius 3 is 2.77 bits per heavy atom. The van der Waals surface area contributed by atoms with Crippen LogP contribution in [0.5, 0.6) is 0 Å². The van der Waals surface area contributed by atoms with Gasteiger partial charge >= 0.3 is 0 Å². The van der Waals surface area contributed by atoms with Crippen molar-refractivity contribution in [2.75, 3.05) is 6.26 Å². The van der Waals surface area contributed by atoms with Gasteiger partial charge in [0.25, 0.3) is 5.78 Å². The molecule has 2 aromatic rings. The fourth-order valence-electron chi connectivity index (χ4n) is 3.94. The Labute approximate surface area is 159 Å². The molecule has 3 rings (SSSR count). The molecule has 0 saturated heterocycles. The van der Waals surface area contributed by atoms with E-state index in [1.54, 1.807) is 4.52 Å². The van der Waals surface area contributed by atoms with E-state index in [1.165, 1.54) is 24.6 Å². The van der Waals surface area contributed by atoms with Crippen LogP contribution in [0.3, 0.4) is 0 Å². The molecule has 1 amide bonds. The van der Waals surface area contributed by atoms with Gasteiger partial charge < -0.3 is 5.32 Å². The molecule has 1 saturated carbocycles. The Kier molecular flexibility index (Phi) is 5.85. The Morgan fingerprint density at radius 1 is 1.27 bits per heavy atom. The quantitative estimate of drug-likeness (QED) is 0.812. The molecular formula is C19H29N5OS. The summed E-state index contributed by atoms with van der Waals surface area (Å²) in [6.07, 6.45) is 6.69. The Morgan fingerprint density at radius 2 is 2.04 bits per heavy atom. The van der Waals surface area contributed by atoms with Crippen LogP contribution >= 0.6 is 11.8 Å². The van der Waals surface area contributed by atoms with E-state index in [2.05, 4.69) is 34.2 Å². The Balaban J connectivity index is 1.68. The van der Waals surface area contributed by atoms with Gasteiger partial charge in [-0.3, -0.25) is 4.79 Å². The fraction of sp³-hybridized carbons (Fsp3) is 0.684. The second-order valence-electron chi connectivity index (χ2n) is 7.51. The maximum absolute atomic E-state index is 12.5. The third-order valence-corrected chi connectivity index (χ3v) is 6.41. The monoisotopic (exact) mass is 375 g/mol. The number of carbonyl (C=O) groups is 1. The lowest BCUT2D eigenvalue weighted by molar-refractivity contribution is -0.122. The number of nitrogens with zero attached hydrogens (tertiary/aromatic N) is 4. The number of fused-ring (bicyclic) bond motifs is 1. The number of hydrogen-bond donors (Lipinski definition) is 1. The van der Waals surface area contributed by atoms with E-state index in [4.69, 9.17) is 0 Å². The summed E-state index contributed by atoms with van der Waals surface area (Å²) in [7, 11) is 0. The number of amides is 1. The Bertz CT molecular complexity index is 803. The summed E-state index contributed by atoms with van der Waals surface area (Å²) in [6, 6.07) is 0.313. The van der Waals surface area contributed by atoms with E-state index in [9.17, 15) is 4.79 Å². The molecule has 1 aliphatic carbocycles. The summed E-state index contributed by atoms with van der Waals surface area (Å²) in [6.45, 7) is 8.56. The summed E-state index contributed by atoms with van der Waals surface area (Å²) in [4.78, 5) is 21.5. The molecule has 26 heavy (non-hydrogen) atoms. The zero-order valence-corrected chi connectivity index (χ0v) is 17.2. The molecule has 2 aromatic heterocycles. The van der Waals surface area contributed by atoms with Crippen molar-refractivity contribution < 1.29 is 4.79 Å². The molecule has 7 heteroatoms. The number of hydrogen-bond acceptors (Lipinski definition) is 5. The molecule has 0 bridgehead atoms. The van der Waals surface area contributed by atoms with E-state index >= 15 is 0 Å². The third-order valence-electron chi connectivity index (χ3n) is 5.87. The van der Waals surface area contributed by atoms with Crippen molar-refractivity contribution in [2.24, 2.45) is 11.8 Å². The molecule has 2 heterocycles. The number of thioether (sulfide) groups is 1. The van der Waals surface area contributed by atoms with Crippen molar-refractivity contribution in [3.8, 4) is 0 Å². The third kappa shape index (κ3) is 3.87. The minimum absolute atomic E-state index is 0.137.